The third kappa shape index (κ3) is 3.10. The molecule has 1 aliphatic rings. The zero-order chi connectivity index (χ0) is 13.1. The number of carbonyl (C=O) groups excluding carboxylic acids is 1. The molecule has 1 fully saturated rings. The standard InChI is InChI=1S/C13H18N2O2S/c1-8-6-11(8)15-13(16)14-10-5-4-9(18-3)7-12(10)17-2/h4-5,7-8,11H,6H2,1-3H3,(H2,14,15,16). The van der Waals surface area contributed by atoms with Crippen molar-refractivity contribution in [1.82, 2.24) is 5.32 Å². The summed E-state index contributed by atoms with van der Waals surface area (Å²) in [5, 5.41) is 5.74. The van der Waals surface area contributed by atoms with E-state index in [1.54, 1.807) is 18.9 Å². The predicted molar refractivity (Wildman–Crippen MR) is 74.5 cm³/mol. The van der Waals surface area contributed by atoms with Crippen molar-refractivity contribution in [2.45, 2.75) is 24.3 Å². The number of nitrogens with one attached hydrogen (secondary N) is 2. The summed E-state index contributed by atoms with van der Waals surface area (Å²) in [5.74, 6) is 1.28. The molecule has 0 radical (unpaired) electrons. The summed E-state index contributed by atoms with van der Waals surface area (Å²) in [7, 11) is 1.60. The number of thioether (sulfide) groups is 1. The molecule has 2 atom stereocenters. The van der Waals surface area contributed by atoms with E-state index in [4.69, 9.17) is 4.74 Å². The van der Waals surface area contributed by atoms with Crippen molar-refractivity contribution in [3.05, 3.63) is 18.2 Å². The molecule has 2 unspecified atom stereocenters. The second kappa shape index (κ2) is 5.52. The average Bonchev–Trinajstić information content (AvgIpc) is 3.05. The molecule has 0 saturated heterocycles. The molecule has 2 N–H and O–H groups in total. The number of benzene rings is 1. The van der Waals surface area contributed by atoms with Gasteiger partial charge in [-0.25, -0.2) is 4.79 Å². The first-order chi connectivity index (χ1) is 8.63. The van der Waals surface area contributed by atoms with Gasteiger partial charge in [-0.2, -0.15) is 0 Å². The van der Waals surface area contributed by atoms with Gasteiger partial charge < -0.3 is 15.4 Å². The van der Waals surface area contributed by atoms with Crippen LogP contribution in [0.3, 0.4) is 0 Å². The van der Waals surface area contributed by atoms with Crippen molar-refractivity contribution >= 4 is 23.5 Å². The van der Waals surface area contributed by atoms with Crippen LogP contribution in [-0.2, 0) is 0 Å². The molecule has 0 aromatic heterocycles. The second-order valence-corrected chi connectivity index (χ2v) is 5.36. The lowest BCUT2D eigenvalue weighted by molar-refractivity contribution is 0.251. The zero-order valence-electron chi connectivity index (χ0n) is 10.8. The van der Waals surface area contributed by atoms with Crippen LogP contribution in [0.2, 0.25) is 0 Å². The summed E-state index contributed by atoms with van der Waals surface area (Å²) in [5.41, 5.74) is 0.695. The Morgan fingerprint density at radius 3 is 2.78 bits per heavy atom. The molecule has 0 heterocycles. The molecular weight excluding hydrogens is 248 g/mol. The Hall–Kier alpha value is -1.36. The molecule has 0 spiro atoms. The van der Waals surface area contributed by atoms with E-state index in [2.05, 4.69) is 17.6 Å². The Kier molecular flexibility index (Phi) is 4.01. The Labute approximate surface area is 111 Å². The molecule has 1 aromatic carbocycles. The third-order valence-electron chi connectivity index (χ3n) is 3.08. The molecule has 2 rings (SSSR count). The summed E-state index contributed by atoms with van der Waals surface area (Å²) < 4.78 is 5.27. The van der Waals surface area contributed by atoms with E-state index < -0.39 is 0 Å². The smallest absolute Gasteiger partial charge is 0.319 e. The summed E-state index contributed by atoms with van der Waals surface area (Å²) >= 11 is 1.64. The van der Waals surface area contributed by atoms with Gasteiger partial charge in [-0.1, -0.05) is 6.92 Å². The van der Waals surface area contributed by atoms with E-state index >= 15 is 0 Å². The maximum absolute atomic E-state index is 11.7. The minimum Gasteiger partial charge on any atom is -0.495 e. The lowest BCUT2D eigenvalue weighted by Gasteiger charge is -2.12. The summed E-state index contributed by atoms with van der Waals surface area (Å²) in [6.07, 6.45) is 3.07. The fourth-order valence-corrected chi connectivity index (χ4v) is 2.18. The predicted octanol–water partition coefficient (Wildman–Crippen LogP) is 2.95. The summed E-state index contributed by atoms with van der Waals surface area (Å²) in [6, 6.07) is 5.89. The minimum atomic E-state index is -0.167. The van der Waals surface area contributed by atoms with Crippen LogP contribution in [0.25, 0.3) is 0 Å². The number of amides is 2. The second-order valence-electron chi connectivity index (χ2n) is 4.48. The summed E-state index contributed by atoms with van der Waals surface area (Å²) in [4.78, 5) is 12.9. The normalized spacial score (nSPS) is 21.3. The first-order valence-electron chi connectivity index (χ1n) is 5.93. The van der Waals surface area contributed by atoms with Crippen LogP contribution in [0.1, 0.15) is 13.3 Å². The number of rotatable bonds is 4. The number of hydrogen-bond donors (Lipinski definition) is 2. The van der Waals surface area contributed by atoms with E-state index in [-0.39, 0.29) is 6.03 Å². The average molecular weight is 266 g/mol. The van der Waals surface area contributed by atoms with Crippen molar-refractivity contribution in [3.63, 3.8) is 0 Å². The molecule has 18 heavy (non-hydrogen) atoms. The largest absolute Gasteiger partial charge is 0.495 e. The number of urea groups is 1. The van der Waals surface area contributed by atoms with Gasteiger partial charge in [0.15, 0.2) is 0 Å². The van der Waals surface area contributed by atoms with Crippen LogP contribution >= 0.6 is 11.8 Å². The van der Waals surface area contributed by atoms with E-state index in [9.17, 15) is 4.79 Å². The highest BCUT2D eigenvalue weighted by Crippen LogP contribution is 2.31. The highest BCUT2D eigenvalue weighted by atomic mass is 32.2. The highest BCUT2D eigenvalue weighted by molar-refractivity contribution is 7.98. The molecule has 4 nitrogen and oxygen atoms in total. The number of methoxy groups -OCH3 is 1. The maximum atomic E-state index is 11.7. The van der Waals surface area contributed by atoms with E-state index in [0.29, 0.717) is 23.4 Å². The molecule has 1 saturated carbocycles. The maximum Gasteiger partial charge on any atom is 0.319 e. The molecule has 1 aliphatic carbocycles. The minimum absolute atomic E-state index is 0.167. The van der Waals surface area contributed by atoms with Crippen LogP contribution in [0.15, 0.2) is 23.1 Å². The zero-order valence-corrected chi connectivity index (χ0v) is 11.6. The van der Waals surface area contributed by atoms with Crippen molar-refractivity contribution in [3.8, 4) is 5.75 Å². The van der Waals surface area contributed by atoms with Crippen LogP contribution < -0.4 is 15.4 Å². The first-order valence-corrected chi connectivity index (χ1v) is 7.16. The van der Waals surface area contributed by atoms with Gasteiger partial charge in [-0.15, -0.1) is 11.8 Å². The van der Waals surface area contributed by atoms with Gasteiger partial charge >= 0.3 is 6.03 Å². The number of anilines is 1. The van der Waals surface area contributed by atoms with Gasteiger partial charge in [0, 0.05) is 10.9 Å². The number of carbonyl (C=O) groups is 1. The van der Waals surface area contributed by atoms with Gasteiger partial charge in [-0.3, -0.25) is 0 Å². The van der Waals surface area contributed by atoms with Crippen LogP contribution in [0, 0.1) is 5.92 Å². The van der Waals surface area contributed by atoms with Gasteiger partial charge in [0.2, 0.25) is 0 Å². The quantitative estimate of drug-likeness (QED) is 0.824. The van der Waals surface area contributed by atoms with Crippen molar-refractivity contribution in [2.75, 3.05) is 18.7 Å². The monoisotopic (exact) mass is 266 g/mol. The van der Waals surface area contributed by atoms with Gasteiger partial charge in [0.25, 0.3) is 0 Å². The van der Waals surface area contributed by atoms with Crippen molar-refractivity contribution < 1.29 is 9.53 Å². The van der Waals surface area contributed by atoms with Crippen molar-refractivity contribution in [1.29, 1.82) is 0 Å². The highest BCUT2D eigenvalue weighted by Gasteiger charge is 2.33. The SMILES string of the molecule is COc1cc(SC)ccc1NC(=O)NC1CC1C. The number of hydrogen-bond acceptors (Lipinski definition) is 3. The fourth-order valence-electron chi connectivity index (χ4n) is 1.75. The van der Waals surface area contributed by atoms with Gasteiger partial charge in [0.1, 0.15) is 5.75 Å². The topological polar surface area (TPSA) is 50.4 Å². The van der Waals surface area contributed by atoms with Crippen LogP contribution in [0.5, 0.6) is 5.75 Å². The van der Waals surface area contributed by atoms with Gasteiger partial charge in [0.05, 0.1) is 12.8 Å². The van der Waals surface area contributed by atoms with Crippen LogP contribution in [-0.4, -0.2) is 25.4 Å². The number of ether oxygens (including phenoxy) is 1. The summed E-state index contributed by atoms with van der Waals surface area (Å²) in [6.45, 7) is 2.12. The Bertz CT molecular complexity index is 451. The lowest BCUT2D eigenvalue weighted by Crippen LogP contribution is -2.31. The van der Waals surface area contributed by atoms with Crippen molar-refractivity contribution in [2.24, 2.45) is 5.92 Å². The lowest BCUT2D eigenvalue weighted by atomic mass is 10.3. The molecule has 0 bridgehead atoms. The fraction of sp³-hybridized carbons (Fsp3) is 0.462. The Morgan fingerprint density at radius 2 is 2.22 bits per heavy atom. The molecule has 5 heteroatoms. The Balaban J connectivity index is 2.01. The molecule has 2 amide bonds. The van der Waals surface area contributed by atoms with E-state index in [1.807, 2.05) is 24.5 Å². The molecule has 98 valence electrons. The third-order valence-corrected chi connectivity index (χ3v) is 3.81. The Morgan fingerprint density at radius 1 is 1.50 bits per heavy atom. The van der Waals surface area contributed by atoms with Gasteiger partial charge in [-0.05, 0) is 36.8 Å². The first kappa shape index (κ1) is 13.1. The van der Waals surface area contributed by atoms with Crippen LogP contribution in [0.4, 0.5) is 10.5 Å². The van der Waals surface area contributed by atoms with E-state index in [1.165, 1.54) is 0 Å². The van der Waals surface area contributed by atoms with E-state index in [0.717, 1.165) is 11.3 Å². The molecule has 0 aliphatic heterocycles. The molecule has 1 aromatic rings. The molecular formula is C13H18N2O2S.